The standard InChI is InChI=1S/C20H34O/c1-13-4-6-15-14(12-13)5-7-17-16(15)8-10-19(2)18(17)9-11-20(19,3)21/h13-18,21H,4-12H2,1-3H3. The molecule has 8 atom stereocenters. The van der Waals surface area contributed by atoms with Crippen molar-refractivity contribution in [2.45, 2.75) is 84.2 Å². The molecule has 4 rings (SSSR count). The smallest absolute Gasteiger partial charge is 0.0675 e. The third-order valence-electron chi connectivity index (χ3n) is 8.78. The van der Waals surface area contributed by atoms with E-state index in [4.69, 9.17) is 0 Å². The van der Waals surface area contributed by atoms with E-state index < -0.39 is 5.60 Å². The average Bonchev–Trinajstić information content (AvgIpc) is 2.69. The van der Waals surface area contributed by atoms with Gasteiger partial charge in [-0.3, -0.25) is 0 Å². The first-order valence-electron chi connectivity index (χ1n) is 9.65. The predicted molar refractivity (Wildman–Crippen MR) is 86.9 cm³/mol. The molecule has 1 heteroatoms. The molecule has 0 amide bonds. The Morgan fingerprint density at radius 1 is 0.810 bits per heavy atom. The number of rotatable bonds is 0. The van der Waals surface area contributed by atoms with Crippen molar-refractivity contribution in [1.29, 1.82) is 0 Å². The first-order chi connectivity index (χ1) is 9.92. The summed E-state index contributed by atoms with van der Waals surface area (Å²) >= 11 is 0. The van der Waals surface area contributed by atoms with Gasteiger partial charge in [-0.1, -0.05) is 20.3 Å². The van der Waals surface area contributed by atoms with Crippen LogP contribution in [0.15, 0.2) is 0 Å². The molecule has 1 N–H and O–H groups in total. The van der Waals surface area contributed by atoms with Crippen LogP contribution in [0.25, 0.3) is 0 Å². The van der Waals surface area contributed by atoms with E-state index in [0.29, 0.717) is 0 Å². The number of hydrogen-bond acceptors (Lipinski definition) is 1. The van der Waals surface area contributed by atoms with E-state index in [2.05, 4.69) is 20.8 Å². The molecule has 0 aromatic heterocycles. The molecule has 0 bridgehead atoms. The fourth-order valence-electron chi connectivity index (χ4n) is 7.33. The highest BCUT2D eigenvalue weighted by molar-refractivity contribution is 5.10. The molecule has 0 spiro atoms. The third kappa shape index (κ3) is 1.98. The Bertz CT molecular complexity index is 414. The van der Waals surface area contributed by atoms with Crippen molar-refractivity contribution in [1.82, 2.24) is 0 Å². The van der Waals surface area contributed by atoms with Gasteiger partial charge < -0.3 is 5.11 Å². The Morgan fingerprint density at radius 2 is 1.57 bits per heavy atom. The summed E-state index contributed by atoms with van der Waals surface area (Å²) in [4.78, 5) is 0. The molecule has 120 valence electrons. The average molecular weight is 290 g/mol. The lowest BCUT2D eigenvalue weighted by atomic mass is 9.49. The van der Waals surface area contributed by atoms with Gasteiger partial charge in [-0.25, -0.2) is 0 Å². The number of fused-ring (bicyclic) bond motifs is 5. The topological polar surface area (TPSA) is 20.2 Å². The molecule has 21 heavy (non-hydrogen) atoms. The highest BCUT2D eigenvalue weighted by Gasteiger charge is 2.60. The summed E-state index contributed by atoms with van der Waals surface area (Å²) in [5.41, 5.74) is -0.191. The Morgan fingerprint density at radius 3 is 2.38 bits per heavy atom. The quantitative estimate of drug-likeness (QED) is 0.663. The van der Waals surface area contributed by atoms with Crippen LogP contribution in [-0.4, -0.2) is 10.7 Å². The maximum atomic E-state index is 10.9. The fourth-order valence-corrected chi connectivity index (χ4v) is 7.33. The van der Waals surface area contributed by atoms with Crippen molar-refractivity contribution in [2.75, 3.05) is 0 Å². The normalized spacial score (nSPS) is 60.0. The lowest BCUT2D eigenvalue weighted by molar-refractivity contribution is -0.122. The largest absolute Gasteiger partial charge is 0.390 e. The molecular formula is C20H34O. The van der Waals surface area contributed by atoms with Crippen LogP contribution < -0.4 is 0 Å². The molecular weight excluding hydrogens is 256 g/mol. The maximum Gasteiger partial charge on any atom is 0.0675 e. The van der Waals surface area contributed by atoms with Gasteiger partial charge in [0.05, 0.1) is 5.60 Å². The number of aliphatic hydroxyl groups is 1. The van der Waals surface area contributed by atoms with Gasteiger partial charge in [0.15, 0.2) is 0 Å². The van der Waals surface area contributed by atoms with Crippen LogP contribution in [-0.2, 0) is 0 Å². The van der Waals surface area contributed by atoms with Gasteiger partial charge in [-0.05, 0) is 99.2 Å². The predicted octanol–water partition coefficient (Wildman–Crippen LogP) is 5.03. The first kappa shape index (κ1) is 14.5. The Balaban J connectivity index is 1.58. The van der Waals surface area contributed by atoms with Gasteiger partial charge >= 0.3 is 0 Å². The van der Waals surface area contributed by atoms with Crippen LogP contribution in [0.5, 0.6) is 0 Å². The molecule has 1 nitrogen and oxygen atoms in total. The molecule has 4 aliphatic rings. The lowest BCUT2D eigenvalue weighted by Crippen LogP contribution is -2.52. The minimum Gasteiger partial charge on any atom is -0.390 e. The minimum atomic E-state index is -0.402. The van der Waals surface area contributed by atoms with Gasteiger partial charge in [0, 0.05) is 0 Å². The van der Waals surface area contributed by atoms with Crippen LogP contribution in [0, 0.1) is 40.9 Å². The lowest BCUT2D eigenvalue weighted by Gasteiger charge is -2.57. The van der Waals surface area contributed by atoms with Crippen LogP contribution in [0.3, 0.4) is 0 Å². The summed E-state index contributed by atoms with van der Waals surface area (Å²) in [6, 6.07) is 0. The molecule has 0 radical (unpaired) electrons. The summed E-state index contributed by atoms with van der Waals surface area (Å²) in [6.07, 6.45) is 12.5. The molecule has 0 aliphatic heterocycles. The summed E-state index contributed by atoms with van der Waals surface area (Å²) in [7, 11) is 0. The second-order valence-corrected chi connectivity index (χ2v) is 9.62. The number of hydrogen-bond donors (Lipinski definition) is 1. The van der Waals surface area contributed by atoms with E-state index in [0.717, 1.165) is 41.9 Å². The van der Waals surface area contributed by atoms with Gasteiger partial charge in [0.2, 0.25) is 0 Å². The maximum absolute atomic E-state index is 10.9. The van der Waals surface area contributed by atoms with E-state index in [1.807, 2.05) is 0 Å². The van der Waals surface area contributed by atoms with Gasteiger partial charge in [-0.15, -0.1) is 0 Å². The van der Waals surface area contributed by atoms with Gasteiger partial charge in [-0.2, -0.15) is 0 Å². The first-order valence-corrected chi connectivity index (χ1v) is 9.65. The van der Waals surface area contributed by atoms with Crippen LogP contribution >= 0.6 is 0 Å². The second kappa shape index (κ2) is 4.73. The van der Waals surface area contributed by atoms with Gasteiger partial charge in [0.1, 0.15) is 0 Å². The van der Waals surface area contributed by atoms with Crippen molar-refractivity contribution in [2.24, 2.45) is 40.9 Å². The second-order valence-electron chi connectivity index (χ2n) is 9.62. The van der Waals surface area contributed by atoms with Crippen molar-refractivity contribution in [3.8, 4) is 0 Å². The van der Waals surface area contributed by atoms with Crippen molar-refractivity contribution >= 4 is 0 Å². The Kier molecular flexibility index (Phi) is 3.27. The van der Waals surface area contributed by atoms with E-state index in [1.54, 1.807) is 0 Å². The molecule has 0 saturated heterocycles. The van der Waals surface area contributed by atoms with Crippen LogP contribution in [0.1, 0.15) is 78.6 Å². The molecule has 4 aliphatic carbocycles. The molecule has 4 fully saturated rings. The zero-order chi connectivity index (χ0) is 14.8. The zero-order valence-corrected chi connectivity index (χ0v) is 14.3. The Hall–Kier alpha value is -0.0400. The molecule has 4 saturated carbocycles. The molecule has 0 heterocycles. The van der Waals surface area contributed by atoms with Crippen LogP contribution in [0.2, 0.25) is 0 Å². The van der Waals surface area contributed by atoms with Crippen molar-refractivity contribution < 1.29 is 5.11 Å². The highest BCUT2D eigenvalue weighted by atomic mass is 16.3. The van der Waals surface area contributed by atoms with Crippen LogP contribution in [0.4, 0.5) is 0 Å². The fraction of sp³-hybridized carbons (Fsp3) is 1.00. The molecule has 0 aromatic rings. The monoisotopic (exact) mass is 290 g/mol. The summed E-state index contributed by atoms with van der Waals surface area (Å²) in [5, 5.41) is 10.9. The van der Waals surface area contributed by atoms with E-state index >= 15 is 0 Å². The van der Waals surface area contributed by atoms with E-state index in [1.165, 1.54) is 51.4 Å². The molecule has 8 unspecified atom stereocenters. The minimum absolute atomic E-state index is 0.211. The van der Waals surface area contributed by atoms with E-state index in [9.17, 15) is 5.11 Å². The van der Waals surface area contributed by atoms with Gasteiger partial charge in [0.25, 0.3) is 0 Å². The van der Waals surface area contributed by atoms with E-state index in [-0.39, 0.29) is 5.41 Å². The van der Waals surface area contributed by atoms with Crippen molar-refractivity contribution in [3.63, 3.8) is 0 Å². The van der Waals surface area contributed by atoms with Crippen molar-refractivity contribution in [3.05, 3.63) is 0 Å². The summed E-state index contributed by atoms with van der Waals surface area (Å²) < 4.78 is 0. The Labute approximate surface area is 130 Å². The highest BCUT2D eigenvalue weighted by Crippen LogP contribution is 2.65. The summed E-state index contributed by atoms with van der Waals surface area (Å²) in [5.74, 6) is 5.81. The molecule has 0 aromatic carbocycles. The SMILES string of the molecule is CC1CCC2C(CCC3C2CCC2(C)C3CCC2(C)O)C1. The zero-order valence-electron chi connectivity index (χ0n) is 14.3. The summed E-state index contributed by atoms with van der Waals surface area (Å²) in [6.45, 7) is 7.01. The third-order valence-corrected chi connectivity index (χ3v) is 8.78.